The highest BCUT2D eigenvalue weighted by Crippen LogP contribution is 2.21. The molecule has 0 aliphatic carbocycles. The molecular formula is C20H14N2O. The number of hydrogen-bond acceptors (Lipinski definition) is 2. The second-order valence-corrected chi connectivity index (χ2v) is 5.35. The van der Waals surface area contributed by atoms with Crippen molar-refractivity contribution in [3.8, 4) is 0 Å². The van der Waals surface area contributed by atoms with Gasteiger partial charge in [0.05, 0.1) is 11.3 Å². The van der Waals surface area contributed by atoms with Crippen LogP contribution in [0.3, 0.4) is 0 Å². The minimum Gasteiger partial charge on any atom is -0.854 e. The van der Waals surface area contributed by atoms with Crippen molar-refractivity contribution in [2.24, 2.45) is 5.10 Å². The molecule has 4 rings (SSSR count). The fourth-order valence-corrected chi connectivity index (χ4v) is 2.78. The Morgan fingerprint density at radius 2 is 1.39 bits per heavy atom. The van der Waals surface area contributed by atoms with Crippen molar-refractivity contribution in [1.29, 1.82) is 0 Å². The number of hydrogen-bond donors (Lipinski definition) is 0. The molecule has 0 amide bonds. The van der Waals surface area contributed by atoms with Crippen LogP contribution in [0.15, 0.2) is 90.2 Å². The Morgan fingerprint density at radius 3 is 2.22 bits per heavy atom. The van der Waals surface area contributed by atoms with Gasteiger partial charge in [-0.1, -0.05) is 65.3 Å². The zero-order valence-electron chi connectivity index (χ0n) is 12.4. The summed E-state index contributed by atoms with van der Waals surface area (Å²) in [6.45, 7) is 0. The van der Waals surface area contributed by atoms with Crippen LogP contribution in [-0.4, -0.2) is 5.90 Å². The van der Waals surface area contributed by atoms with Crippen LogP contribution in [0.25, 0.3) is 21.7 Å². The van der Waals surface area contributed by atoms with Crippen LogP contribution in [0.4, 0.5) is 0 Å². The van der Waals surface area contributed by atoms with Crippen LogP contribution < -0.4 is 9.78 Å². The molecule has 3 nitrogen and oxygen atoms in total. The molecule has 3 aromatic carbocycles. The fourth-order valence-electron chi connectivity index (χ4n) is 2.78. The lowest BCUT2D eigenvalue weighted by molar-refractivity contribution is -0.654. The molecule has 0 N–H and O–H groups in total. The molecule has 0 atom stereocenters. The van der Waals surface area contributed by atoms with Gasteiger partial charge < -0.3 is 5.11 Å². The zero-order valence-corrected chi connectivity index (χ0v) is 12.4. The Bertz CT molecular complexity index is 1020. The third kappa shape index (κ3) is 2.42. The maximum Gasteiger partial charge on any atom is 0.245 e. The Labute approximate surface area is 133 Å². The quantitative estimate of drug-likeness (QED) is 0.243. The Morgan fingerprint density at radius 1 is 0.739 bits per heavy atom. The molecule has 110 valence electrons. The molecule has 1 aromatic heterocycles. The van der Waals surface area contributed by atoms with Crippen LogP contribution in [0.2, 0.25) is 0 Å². The lowest BCUT2D eigenvalue weighted by Crippen LogP contribution is -2.34. The molecule has 0 aliphatic rings. The number of nitrogens with zero attached hydrogens (tertiary/aromatic N) is 2. The SMILES string of the molecule is [O-]/C(=N\[n+]1cc2ccccc2c2ccccc21)c1ccccc1. The molecule has 0 fully saturated rings. The fraction of sp³-hybridized carbons (Fsp3) is 0. The van der Waals surface area contributed by atoms with E-state index in [-0.39, 0.29) is 5.90 Å². The first-order valence-corrected chi connectivity index (χ1v) is 7.46. The number of rotatable bonds is 2. The standard InChI is InChI=1S/C20H14N2O/c23-20(15-8-2-1-3-9-15)21-22-14-16-10-4-5-11-17(16)18-12-6-7-13-19(18)22/h1-14H. The topological polar surface area (TPSA) is 39.3 Å². The molecule has 0 spiro atoms. The summed E-state index contributed by atoms with van der Waals surface area (Å²) >= 11 is 0. The van der Waals surface area contributed by atoms with Crippen molar-refractivity contribution < 1.29 is 9.78 Å². The lowest BCUT2D eigenvalue weighted by atomic mass is 10.1. The average molecular weight is 298 g/mol. The molecule has 0 radical (unpaired) electrons. The smallest absolute Gasteiger partial charge is 0.245 e. The first-order chi connectivity index (χ1) is 11.3. The van der Waals surface area contributed by atoms with Gasteiger partial charge in [-0.2, -0.15) is 0 Å². The van der Waals surface area contributed by atoms with Crippen molar-refractivity contribution in [2.45, 2.75) is 0 Å². The number of pyridine rings is 1. The van der Waals surface area contributed by atoms with Gasteiger partial charge in [-0.05, 0) is 22.8 Å². The van der Waals surface area contributed by atoms with E-state index in [1.54, 1.807) is 16.8 Å². The predicted molar refractivity (Wildman–Crippen MR) is 90.0 cm³/mol. The summed E-state index contributed by atoms with van der Waals surface area (Å²) in [7, 11) is 0. The normalized spacial score (nSPS) is 11.9. The van der Waals surface area contributed by atoms with Gasteiger partial charge in [0.2, 0.25) is 11.7 Å². The summed E-state index contributed by atoms with van der Waals surface area (Å²) in [5.41, 5.74) is 1.49. The van der Waals surface area contributed by atoms with E-state index in [9.17, 15) is 5.11 Å². The molecule has 0 saturated heterocycles. The molecule has 1 heterocycles. The van der Waals surface area contributed by atoms with Gasteiger partial charge in [0.25, 0.3) is 0 Å². The van der Waals surface area contributed by atoms with E-state index in [2.05, 4.69) is 17.2 Å². The summed E-state index contributed by atoms with van der Waals surface area (Å²) in [6, 6.07) is 25.2. The van der Waals surface area contributed by atoms with Gasteiger partial charge in [-0.15, -0.1) is 0 Å². The number of para-hydroxylation sites is 1. The minimum atomic E-state index is -0.254. The Hall–Kier alpha value is -3.20. The van der Waals surface area contributed by atoms with Gasteiger partial charge in [0, 0.05) is 16.8 Å². The van der Waals surface area contributed by atoms with Crippen molar-refractivity contribution in [3.63, 3.8) is 0 Å². The van der Waals surface area contributed by atoms with Crippen LogP contribution in [0.1, 0.15) is 5.56 Å². The average Bonchev–Trinajstić information content (AvgIpc) is 2.62. The third-order valence-electron chi connectivity index (χ3n) is 3.88. The summed E-state index contributed by atoms with van der Waals surface area (Å²) in [5.74, 6) is -0.254. The lowest BCUT2D eigenvalue weighted by Gasteiger charge is -2.07. The van der Waals surface area contributed by atoms with E-state index < -0.39 is 0 Å². The van der Waals surface area contributed by atoms with E-state index in [4.69, 9.17) is 0 Å². The first-order valence-electron chi connectivity index (χ1n) is 7.46. The summed E-state index contributed by atoms with van der Waals surface area (Å²) < 4.78 is 1.67. The largest absolute Gasteiger partial charge is 0.854 e. The van der Waals surface area contributed by atoms with E-state index in [1.165, 1.54) is 0 Å². The highest BCUT2D eigenvalue weighted by Gasteiger charge is 2.12. The molecule has 3 heteroatoms. The van der Waals surface area contributed by atoms with Crippen molar-refractivity contribution >= 4 is 27.6 Å². The zero-order chi connectivity index (χ0) is 15.6. The molecular weight excluding hydrogens is 284 g/mol. The highest BCUT2D eigenvalue weighted by atomic mass is 16.3. The highest BCUT2D eigenvalue weighted by molar-refractivity contribution is 6.03. The summed E-state index contributed by atoms with van der Waals surface area (Å²) in [6.07, 6.45) is 1.90. The molecule has 0 aliphatic heterocycles. The number of benzene rings is 3. The second kappa shape index (κ2) is 5.54. The maximum atomic E-state index is 12.4. The van der Waals surface area contributed by atoms with E-state index in [1.807, 2.05) is 60.8 Å². The molecule has 0 bridgehead atoms. The number of fused-ring (bicyclic) bond motifs is 3. The van der Waals surface area contributed by atoms with Gasteiger partial charge in [-0.25, -0.2) is 0 Å². The van der Waals surface area contributed by atoms with Crippen LogP contribution in [-0.2, 0) is 0 Å². The van der Waals surface area contributed by atoms with Crippen LogP contribution >= 0.6 is 0 Å². The van der Waals surface area contributed by atoms with Crippen molar-refractivity contribution in [2.75, 3.05) is 0 Å². The summed E-state index contributed by atoms with van der Waals surface area (Å²) in [5, 5.41) is 20.0. The minimum absolute atomic E-state index is 0.254. The van der Waals surface area contributed by atoms with Gasteiger partial charge >= 0.3 is 0 Å². The molecule has 4 aromatic rings. The van der Waals surface area contributed by atoms with E-state index in [0.717, 1.165) is 21.7 Å². The van der Waals surface area contributed by atoms with Gasteiger partial charge in [0.1, 0.15) is 0 Å². The van der Waals surface area contributed by atoms with E-state index in [0.29, 0.717) is 5.56 Å². The molecule has 0 unspecified atom stereocenters. The van der Waals surface area contributed by atoms with E-state index >= 15 is 0 Å². The van der Waals surface area contributed by atoms with Crippen molar-refractivity contribution in [1.82, 2.24) is 0 Å². The van der Waals surface area contributed by atoms with Gasteiger partial charge in [-0.3, -0.25) is 0 Å². The maximum absolute atomic E-state index is 12.4. The summed E-state index contributed by atoms with van der Waals surface area (Å²) in [4.78, 5) is 0. The number of aromatic nitrogens is 1. The second-order valence-electron chi connectivity index (χ2n) is 5.35. The third-order valence-corrected chi connectivity index (χ3v) is 3.88. The monoisotopic (exact) mass is 298 g/mol. The predicted octanol–water partition coefficient (Wildman–Crippen LogP) is 2.85. The van der Waals surface area contributed by atoms with Crippen molar-refractivity contribution in [3.05, 3.63) is 90.6 Å². The van der Waals surface area contributed by atoms with Gasteiger partial charge in [0.15, 0.2) is 0 Å². The molecule has 0 saturated carbocycles. The first kappa shape index (κ1) is 13.5. The Kier molecular flexibility index (Phi) is 3.24. The van der Waals surface area contributed by atoms with Crippen LogP contribution in [0.5, 0.6) is 0 Å². The molecule has 23 heavy (non-hydrogen) atoms. The Balaban J connectivity index is 1.99. The van der Waals surface area contributed by atoms with Crippen LogP contribution in [0, 0.1) is 0 Å².